The van der Waals surface area contributed by atoms with Crippen molar-refractivity contribution in [2.24, 2.45) is 0 Å². The zero-order chi connectivity index (χ0) is 10.3. The van der Waals surface area contributed by atoms with Gasteiger partial charge in [0.25, 0.3) is 0 Å². The molecule has 0 aromatic heterocycles. The quantitative estimate of drug-likeness (QED) is 0.382. The van der Waals surface area contributed by atoms with Gasteiger partial charge < -0.3 is 9.84 Å². The van der Waals surface area contributed by atoms with Crippen LogP contribution in [-0.4, -0.2) is 20.6 Å². The van der Waals surface area contributed by atoms with Crippen LogP contribution in [0.4, 0.5) is 0 Å². The van der Waals surface area contributed by atoms with Crippen molar-refractivity contribution in [3.63, 3.8) is 0 Å². The van der Waals surface area contributed by atoms with Gasteiger partial charge in [-0.3, -0.25) is 0 Å². The highest BCUT2D eigenvalue weighted by Crippen LogP contribution is 2.15. The van der Waals surface area contributed by atoms with Crippen molar-refractivity contribution in [1.29, 1.82) is 5.41 Å². The van der Waals surface area contributed by atoms with Gasteiger partial charge in [0, 0.05) is 12.3 Å². The highest BCUT2D eigenvalue weighted by molar-refractivity contribution is 6.71. The Bertz CT molecular complexity index is 157. The lowest BCUT2D eigenvalue weighted by Gasteiger charge is -2.21. The van der Waals surface area contributed by atoms with Crippen LogP contribution >= 0.6 is 0 Å². The highest BCUT2D eigenvalue weighted by atomic mass is 28.4. The fourth-order valence-electron chi connectivity index (χ4n) is 1.40. The van der Waals surface area contributed by atoms with Crippen molar-refractivity contribution < 1.29 is 4.43 Å². The van der Waals surface area contributed by atoms with E-state index in [1.807, 2.05) is 6.92 Å². The minimum absolute atomic E-state index is 0.802. The summed E-state index contributed by atoms with van der Waals surface area (Å²) in [5.74, 6) is 0. The second-order valence-corrected chi connectivity index (χ2v) is 8.49. The molecule has 0 aliphatic heterocycles. The normalized spacial score (nSPS) is 11.7. The van der Waals surface area contributed by atoms with E-state index >= 15 is 0 Å². The average Bonchev–Trinajstić information content (AvgIpc) is 1.98. The van der Waals surface area contributed by atoms with Gasteiger partial charge in [-0.2, -0.15) is 0 Å². The van der Waals surface area contributed by atoms with Gasteiger partial charge in [0.15, 0.2) is 8.32 Å². The predicted molar refractivity (Wildman–Crippen MR) is 61.2 cm³/mol. The zero-order valence-corrected chi connectivity index (χ0v) is 10.4. The van der Waals surface area contributed by atoms with Crippen LogP contribution in [0.2, 0.25) is 19.1 Å². The molecule has 0 saturated carbocycles. The summed E-state index contributed by atoms with van der Waals surface area (Å²) >= 11 is 0. The zero-order valence-electron chi connectivity index (χ0n) is 9.44. The Labute approximate surface area is 83.3 Å². The number of hydrogen-bond acceptors (Lipinski definition) is 2. The molecule has 0 saturated heterocycles. The minimum Gasteiger partial charge on any atom is -0.418 e. The summed E-state index contributed by atoms with van der Waals surface area (Å²) in [7, 11) is -1.35. The Morgan fingerprint density at radius 1 is 1.31 bits per heavy atom. The molecule has 13 heavy (non-hydrogen) atoms. The van der Waals surface area contributed by atoms with Gasteiger partial charge in [-0.05, 0) is 45.8 Å². The maximum atomic E-state index is 7.29. The van der Waals surface area contributed by atoms with Crippen LogP contribution in [0.5, 0.6) is 0 Å². The fraction of sp³-hybridized carbons (Fsp3) is 0.900. The van der Waals surface area contributed by atoms with E-state index in [0.29, 0.717) is 0 Å². The SMILES string of the molecule is CCO[Si](C)(C)CCCCC(C)=N. The Balaban J connectivity index is 3.45. The largest absolute Gasteiger partial charge is 0.418 e. The van der Waals surface area contributed by atoms with E-state index in [0.717, 1.165) is 25.2 Å². The van der Waals surface area contributed by atoms with Gasteiger partial charge >= 0.3 is 0 Å². The van der Waals surface area contributed by atoms with Crippen molar-refractivity contribution >= 4 is 14.0 Å². The van der Waals surface area contributed by atoms with E-state index in [9.17, 15) is 0 Å². The van der Waals surface area contributed by atoms with E-state index in [1.54, 1.807) is 0 Å². The average molecular weight is 201 g/mol. The summed E-state index contributed by atoms with van der Waals surface area (Å²) in [6, 6.07) is 1.23. The van der Waals surface area contributed by atoms with Crippen molar-refractivity contribution in [1.82, 2.24) is 0 Å². The van der Waals surface area contributed by atoms with Crippen molar-refractivity contribution in [2.75, 3.05) is 6.61 Å². The summed E-state index contributed by atoms with van der Waals surface area (Å²) in [6.45, 7) is 9.34. The van der Waals surface area contributed by atoms with Crippen molar-refractivity contribution in [3.05, 3.63) is 0 Å². The van der Waals surface area contributed by atoms with Gasteiger partial charge in [-0.25, -0.2) is 0 Å². The molecule has 3 heteroatoms. The summed E-state index contributed by atoms with van der Waals surface area (Å²) < 4.78 is 5.72. The molecule has 0 bridgehead atoms. The summed E-state index contributed by atoms with van der Waals surface area (Å²) in [6.07, 6.45) is 3.32. The Morgan fingerprint density at radius 3 is 2.38 bits per heavy atom. The first kappa shape index (κ1) is 12.8. The molecular weight excluding hydrogens is 178 g/mol. The van der Waals surface area contributed by atoms with Gasteiger partial charge in [0.1, 0.15) is 0 Å². The lowest BCUT2D eigenvalue weighted by molar-refractivity contribution is 0.328. The summed E-state index contributed by atoms with van der Waals surface area (Å²) in [5.41, 5.74) is 0.802. The van der Waals surface area contributed by atoms with Crippen LogP contribution in [0, 0.1) is 5.41 Å². The molecule has 0 spiro atoms. The molecule has 0 radical (unpaired) electrons. The van der Waals surface area contributed by atoms with E-state index in [1.165, 1.54) is 12.5 Å². The Morgan fingerprint density at radius 2 is 1.92 bits per heavy atom. The molecule has 2 nitrogen and oxygen atoms in total. The molecule has 1 N–H and O–H groups in total. The molecule has 0 aliphatic carbocycles. The molecule has 78 valence electrons. The molecule has 0 rings (SSSR count). The number of hydrogen-bond donors (Lipinski definition) is 1. The van der Waals surface area contributed by atoms with Gasteiger partial charge in [0.2, 0.25) is 0 Å². The third-order valence-electron chi connectivity index (χ3n) is 2.12. The first-order valence-corrected chi connectivity index (χ1v) is 8.27. The lowest BCUT2D eigenvalue weighted by Crippen LogP contribution is -2.29. The first-order valence-electron chi connectivity index (χ1n) is 5.16. The Hall–Kier alpha value is -0.153. The number of nitrogens with one attached hydrogen (secondary N) is 1. The summed E-state index contributed by atoms with van der Waals surface area (Å²) in [4.78, 5) is 0. The lowest BCUT2D eigenvalue weighted by atomic mass is 10.2. The second kappa shape index (κ2) is 6.32. The van der Waals surface area contributed by atoms with Crippen molar-refractivity contribution in [2.45, 2.75) is 52.2 Å². The standard InChI is InChI=1S/C10H23NOSi/c1-5-12-13(3,4)9-7-6-8-10(2)11/h11H,5-9H2,1-4H3. The maximum Gasteiger partial charge on any atom is 0.186 e. The van der Waals surface area contributed by atoms with Crippen LogP contribution in [0.1, 0.15) is 33.1 Å². The van der Waals surface area contributed by atoms with Crippen LogP contribution in [-0.2, 0) is 4.43 Å². The van der Waals surface area contributed by atoms with E-state index in [-0.39, 0.29) is 0 Å². The molecule has 0 aliphatic rings. The highest BCUT2D eigenvalue weighted by Gasteiger charge is 2.20. The molecule has 0 fully saturated rings. The van der Waals surface area contributed by atoms with Crippen LogP contribution in [0.3, 0.4) is 0 Å². The number of rotatable bonds is 7. The molecule has 0 aromatic rings. The minimum atomic E-state index is -1.35. The predicted octanol–water partition coefficient (Wildman–Crippen LogP) is 3.44. The van der Waals surface area contributed by atoms with E-state index < -0.39 is 8.32 Å². The smallest absolute Gasteiger partial charge is 0.186 e. The third-order valence-corrected chi connectivity index (χ3v) is 4.74. The number of unbranched alkanes of at least 4 members (excludes halogenated alkanes) is 1. The van der Waals surface area contributed by atoms with Crippen molar-refractivity contribution in [3.8, 4) is 0 Å². The Kier molecular flexibility index (Phi) is 6.25. The first-order chi connectivity index (χ1) is 5.98. The van der Waals surface area contributed by atoms with Gasteiger partial charge in [0.05, 0.1) is 0 Å². The van der Waals surface area contributed by atoms with Crippen LogP contribution < -0.4 is 0 Å². The maximum absolute atomic E-state index is 7.29. The monoisotopic (exact) mass is 201 g/mol. The molecule has 0 heterocycles. The third kappa shape index (κ3) is 8.18. The molecule has 0 amide bonds. The molecular formula is C10H23NOSi. The molecule has 0 atom stereocenters. The summed E-state index contributed by atoms with van der Waals surface area (Å²) in [5, 5.41) is 7.29. The van der Waals surface area contributed by atoms with Gasteiger partial charge in [-0.1, -0.05) is 6.42 Å². The van der Waals surface area contributed by atoms with Crippen LogP contribution in [0.25, 0.3) is 0 Å². The second-order valence-electron chi connectivity index (χ2n) is 4.18. The molecule has 0 unspecified atom stereocenters. The fourth-order valence-corrected chi connectivity index (χ4v) is 3.43. The molecule has 0 aromatic carbocycles. The van der Waals surface area contributed by atoms with Crippen LogP contribution in [0.15, 0.2) is 0 Å². The topological polar surface area (TPSA) is 33.1 Å². The van der Waals surface area contributed by atoms with E-state index in [4.69, 9.17) is 9.84 Å². The van der Waals surface area contributed by atoms with E-state index in [2.05, 4.69) is 20.0 Å². The van der Waals surface area contributed by atoms with Gasteiger partial charge in [-0.15, -0.1) is 0 Å².